The van der Waals surface area contributed by atoms with Crippen molar-refractivity contribution in [2.45, 2.75) is 0 Å². The van der Waals surface area contributed by atoms with Crippen molar-refractivity contribution in [3.63, 3.8) is 0 Å². The summed E-state index contributed by atoms with van der Waals surface area (Å²) in [7, 11) is 0. The Morgan fingerprint density at radius 2 is 0.875 bits per heavy atom. The van der Waals surface area contributed by atoms with Crippen LogP contribution in [0, 0.1) is 0 Å². The summed E-state index contributed by atoms with van der Waals surface area (Å²) in [5.74, 6) is 0. The van der Waals surface area contributed by atoms with Crippen molar-refractivity contribution >= 4 is 54.5 Å². The lowest BCUT2D eigenvalue weighted by molar-refractivity contribution is 1.16. The molecular weight excluding hydrogens is 583 g/mol. The quantitative estimate of drug-likeness (QED) is 0.194. The van der Waals surface area contributed by atoms with Crippen LogP contribution in [0.1, 0.15) is 0 Å². The van der Waals surface area contributed by atoms with Crippen molar-refractivity contribution in [1.29, 1.82) is 0 Å². The molecule has 48 heavy (non-hydrogen) atoms. The molecule has 0 fully saturated rings. The number of para-hydroxylation sites is 4. The maximum Gasteiger partial charge on any atom is 0.0716 e. The summed E-state index contributed by atoms with van der Waals surface area (Å²) in [4.78, 5) is 5.18. The van der Waals surface area contributed by atoms with Gasteiger partial charge in [0.25, 0.3) is 0 Å². The minimum atomic E-state index is 0.960. The first kappa shape index (κ1) is 26.7. The predicted molar refractivity (Wildman–Crippen MR) is 201 cm³/mol. The van der Waals surface area contributed by atoms with Gasteiger partial charge >= 0.3 is 0 Å². The highest BCUT2D eigenvalue weighted by molar-refractivity contribution is 6.19. The van der Waals surface area contributed by atoms with Crippen LogP contribution < -0.4 is 0 Å². The molecule has 0 N–H and O–H groups in total. The highest BCUT2D eigenvalue weighted by Crippen LogP contribution is 2.40. The number of rotatable bonds is 4. The summed E-state index contributed by atoms with van der Waals surface area (Å²) in [5, 5.41) is 6.16. The van der Waals surface area contributed by atoms with Crippen LogP contribution in [0.15, 0.2) is 176 Å². The van der Waals surface area contributed by atoms with E-state index in [1.165, 1.54) is 54.7 Å². The number of nitrogens with zero attached hydrogens (tertiary/aromatic N) is 3. The van der Waals surface area contributed by atoms with Crippen molar-refractivity contribution in [2.24, 2.45) is 0 Å². The zero-order chi connectivity index (χ0) is 31.6. The SMILES string of the molecule is c1ccc(-c2cc(-c3cccc(-n4c5ccccc5c5cc6c7ccccc7n(-c7ccccc7)c6cc54)c3)nc3ccccc23)cc1. The third kappa shape index (κ3) is 4.04. The molecule has 0 aliphatic rings. The van der Waals surface area contributed by atoms with Gasteiger partial charge in [0.15, 0.2) is 0 Å². The van der Waals surface area contributed by atoms with E-state index >= 15 is 0 Å². The van der Waals surface area contributed by atoms with Gasteiger partial charge in [-0.05, 0) is 71.8 Å². The van der Waals surface area contributed by atoms with Gasteiger partial charge in [-0.15, -0.1) is 0 Å². The Hall–Kier alpha value is -6.45. The molecule has 0 atom stereocenters. The molecule has 10 aromatic rings. The van der Waals surface area contributed by atoms with Crippen molar-refractivity contribution < 1.29 is 0 Å². The van der Waals surface area contributed by atoms with Crippen LogP contribution in [0.3, 0.4) is 0 Å². The fourth-order valence-corrected chi connectivity index (χ4v) is 7.55. The van der Waals surface area contributed by atoms with Gasteiger partial charge in [-0.25, -0.2) is 4.98 Å². The maximum atomic E-state index is 5.18. The van der Waals surface area contributed by atoms with Gasteiger partial charge in [0, 0.05) is 43.9 Å². The van der Waals surface area contributed by atoms with E-state index in [4.69, 9.17) is 4.98 Å². The van der Waals surface area contributed by atoms with Crippen LogP contribution in [0.2, 0.25) is 0 Å². The number of benzene rings is 7. The number of fused-ring (bicyclic) bond motifs is 7. The Balaban J connectivity index is 1.24. The molecule has 0 spiro atoms. The number of hydrogen-bond acceptors (Lipinski definition) is 1. The normalized spacial score (nSPS) is 11.8. The lowest BCUT2D eigenvalue weighted by Crippen LogP contribution is -1.96. The van der Waals surface area contributed by atoms with E-state index in [9.17, 15) is 0 Å². The molecule has 3 heteroatoms. The van der Waals surface area contributed by atoms with E-state index in [1.807, 2.05) is 0 Å². The zero-order valence-corrected chi connectivity index (χ0v) is 26.1. The second-order valence-electron chi connectivity index (χ2n) is 12.4. The molecule has 0 saturated heterocycles. The molecule has 0 radical (unpaired) electrons. The van der Waals surface area contributed by atoms with Gasteiger partial charge in [-0.1, -0.05) is 115 Å². The predicted octanol–water partition coefficient (Wildman–Crippen LogP) is 11.8. The van der Waals surface area contributed by atoms with Crippen LogP contribution >= 0.6 is 0 Å². The van der Waals surface area contributed by atoms with E-state index in [1.54, 1.807) is 0 Å². The maximum absolute atomic E-state index is 5.18. The Morgan fingerprint density at radius 3 is 1.58 bits per heavy atom. The standard InChI is InChI=1S/C45H29N3/c1-3-14-30(15-4-1)37-28-41(46-40-23-10-7-20-34(37)40)31-16-13-19-33(26-31)48-43-25-12-9-22-36(43)39-27-38-35-21-8-11-24-42(35)47(44(38)29-45(39)48)32-17-5-2-6-18-32/h1-29H. The van der Waals surface area contributed by atoms with Gasteiger partial charge in [-0.2, -0.15) is 0 Å². The highest BCUT2D eigenvalue weighted by Gasteiger charge is 2.19. The Kier molecular flexibility index (Phi) is 5.87. The fourth-order valence-electron chi connectivity index (χ4n) is 7.55. The van der Waals surface area contributed by atoms with Gasteiger partial charge in [0.1, 0.15) is 0 Å². The minimum absolute atomic E-state index is 0.960. The molecular formula is C45H29N3. The second kappa shape index (κ2) is 10.5. The molecule has 0 aliphatic carbocycles. The van der Waals surface area contributed by atoms with E-state index in [0.717, 1.165) is 33.5 Å². The number of aromatic nitrogens is 3. The Morgan fingerprint density at radius 1 is 0.333 bits per heavy atom. The van der Waals surface area contributed by atoms with Crippen LogP contribution in [0.4, 0.5) is 0 Å². The summed E-state index contributed by atoms with van der Waals surface area (Å²) in [6.45, 7) is 0. The summed E-state index contributed by atoms with van der Waals surface area (Å²) >= 11 is 0. The monoisotopic (exact) mass is 611 g/mol. The fraction of sp³-hybridized carbons (Fsp3) is 0. The van der Waals surface area contributed by atoms with Gasteiger partial charge in [0.2, 0.25) is 0 Å². The molecule has 3 heterocycles. The first-order chi connectivity index (χ1) is 23.8. The number of pyridine rings is 1. The summed E-state index contributed by atoms with van der Waals surface area (Å²) in [6.07, 6.45) is 0. The molecule has 0 saturated carbocycles. The summed E-state index contributed by atoms with van der Waals surface area (Å²) in [6, 6.07) is 63.1. The molecule has 0 amide bonds. The lowest BCUT2D eigenvalue weighted by Gasteiger charge is -2.13. The van der Waals surface area contributed by atoms with E-state index in [-0.39, 0.29) is 0 Å². The summed E-state index contributed by atoms with van der Waals surface area (Å²) < 4.78 is 4.81. The smallest absolute Gasteiger partial charge is 0.0716 e. The molecule has 7 aromatic carbocycles. The number of hydrogen-bond donors (Lipinski definition) is 0. The average Bonchev–Trinajstić information content (AvgIpc) is 3.66. The van der Waals surface area contributed by atoms with Gasteiger partial charge in [0.05, 0.1) is 33.3 Å². The van der Waals surface area contributed by atoms with Gasteiger partial charge in [-0.3, -0.25) is 0 Å². The zero-order valence-electron chi connectivity index (χ0n) is 26.1. The first-order valence-corrected chi connectivity index (χ1v) is 16.4. The van der Waals surface area contributed by atoms with E-state index in [2.05, 4.69) is 185 Å². The van der Waals surface area contributed by atoms with Crippen LogP contribution in [0.5, 0.6) is 0 Å². The lowest BCUT2D eigenvalue weighted by atomic mass is 9.98. The van der Waals surface area contributed by atoms with Crippen LogP contribution in [-0.4, -0.2) is 14.1 Å². The van der Waals surface area contributed by atoms with E-state index in [0.29, 0.717) is 0 Å². The minimum Gasteiger partial charge on any atom is -0.309 e. The Labute approximate surface area is 277 Å². The molecule has 3 aromatic heterocycles. The first-order valence-electron chi connectivity index (χ1n) is 16.4. The highest BCUT2D eigenvalue weighted by atomic mass is 15.0. The third-order valence-corrected chi connectivity index (χ3v) is 9.68. The van der Waals surface area contributed by atoms with Crippen molar-refractivity contribution in [2.75, 3.05) is 0 Å². The summed E-state index contributed by atoms with van der Waals surface area (Å²) in [5.41, 5.74) is 12.4. The molecule has 0 unspecified atom stereocenters. The van der Waals surface area contributed by atoms with Crippen molar-refractivity contribution in [1.82, 2.24) is 14.1 Å². The molecule has 0 bridgehead atoms. The average molecular weight is 612 g/mol. The van der Waals surface area contributed by atoms with Crippen LogP contribution in [-0.2, 0) is 0 Å². The molecule has 0 aliphatic heterocycles. The van der Waals surface area contributed by atoms with Gasteiger partial charge < -0.3 is 9.13 Å². The topological polar surface area (TPSA) is 22.8 Å². The second-order valence-corrected chi connectivity index (χ2v) is 12.4. The van der Waals surface area contributed by atoms with Crippen molar-refractivity contribution in [3.8, 4) is 33.8 Å². The third-order valence-electron chi connectivity index (χ3n) is 9.68. The van der Waals surface area contributed by atoms with E-state index < -0.39 is 0 Å². The Bertz CT molecular complexity index is 2820. The van der Waals surface area contributed by atoms with Crippen LogP contribution in [0.25, 0.3) is 88.3 Å². The largest absolute Gasteiger partial charge is 0.309 e. The molecule has 224 valence electrons. The van der Waals surface area contributed by atoms with Crippen molar-refractivity contribution in [3.05, 3.63) is 176 Å². The molecule has 3 nitrogen and oxygen atoms in total. The molecule has 10 rings (SSSR count).